The van der Waals surface area contributed by atoms with Gasteiger partial charge in [-0.2, -0.15) is 0 Å². The first-order valence-corrected chi connectivity index (χ1v) is 8.88. The van der Waals surface area contributed by atoms with Gasteiger partial charge in [0.05, 0.1) is 36.1 Å². The second-order valence-electron chi connectivity index (χ2n) is 6.36. The molecule has 2 aromatic rings. The Balaban J connectivity index is 1.49. The third kappa shape index (κ3) is 4.93. The normalized spacial score (nSPS) is 14.8. The van der Waals surface area contributed by atoms with Crippen LogP contribution < -0.4 is 15.1 Å². The van der Waals surface area contributed by atoms with Gasteiger partial charge in [-0.15, -0.1) is 0 Å². The zero-order valence-electron chi connectivity index (χ0n) is 14.5. The molecule has 1 saturated heterocycles. The highest BCUT2D eigenvalue weighted by Gasteiger charge is 2.23. The van der Waals surface area contributed by atoms with Gasteiger partial charge >= 0.3 is 0 Å². The van der Waals surface area contributed by atoms with E-state index in [0.29, 0.717) is 12.2 Å². The van der Waals surface area contributed by atoms with Crippen LogP contribution in [0.4, 0.5) is 21.5 Å². The first kappa shape index (κ1) is 19.1. The maximum absolute atomic E-state index is 13.2. The van der Waals surface area contributed by atoms with E-state index in [1.54, 1.807) is 12.1 Å². The maximum Gasteiger partial charge on any atom is 0.279 e. The molecule has 2 aromatic carbocycles. The van der Waals surface area contributed by atoms with Gasteiger partial charge in [0.25, 0.3) is 11.6 Å². The van der Waals surface area contributed by atoms with Gasteiger partial charge in [-0.1, -0.05) is 11.6 Å². The highest BCUT2D eigenvalue weighted by Crippen LogP contribution is 2.20. The molecule has 1 aliphatic rings. The molecule has 0 aromatic heterocycles. The van der Waals surface area contributed by atoms with Gasteiger partial charge in [0, 0.05) is 23.5 Å². The molecule has 0 spiro atoms. The average molecular weight is 394 g/mol. The molecule has 1 fully saturated rings. The molecule has 2 N–H and O–H groups in total. The number of carbonyl (C=O) groups excluding carboxylic acids is 1. The van der Waals surface area contributed by atoms with Crippen LogP contribution in [0.1, 0.15) is 0 Å². The number of hydrogen-bond acceptors (Lipinski definition) is 4. The zero-order chi connectivity index (χ0) is 19.4. The van der Waals surface area contributed by atoms with E-state index in [1.807, 2.05) is 0 Å². The van der Waals surface area contributed by atoms with Crippen molar-refractivity contribution in [2.45, 2.75) is 0 Å². The summed E-state index contributed by atoms with van der Waals surface area (Å²) < 4.78 is 13.2. The molecule has 1 aliphatic heterocycles. The summed E-state index contributed by atoms with van der Waals surface area (Å²) in [7, 11) is 0. The molecule has 1 amide bonds. The Morgan fingerprint density at radius 1 is 1.22 bits per heavy atom. The molecule has 7 nitrogen and oxygen atoms in total. The summed E-state index contributed by atoms with van der Waals surface area (Å²) in [4.78, 5) is 25.8. The molecule has 0 bridgehead atoms. The van der Waals surface area contributed by atoms with E-state index in [0.717, 1.165) is 36.8 Å². The van der Waals surface area contributed by atoms with Crippen LogP contribution in [-0.2, 0) is 4.79 Å². The Kier molecular flexibility index (Phi) is 5.88. The van der Waals surface area contributed by atoms with Crippen molar-refractivity contribution < 1.29 is 19.0 Å². The molecule has 0 aliphatic carbocycles. The fourth-order valence-electron chi connectivity index (χ4n) is 3.05. The third-order valence-electron chi connectivity index (χ3n) is 4.51. The van der Waals surface area contributed by atoms with E-state index in [-0.39, 0.29) is 16.6 Å². The van der Waals surface area contributed by atoms with E-state index >= 15 is 0 Å². The van der Waals surface area contributed by atoms with Crippen LogP contribution in [-0.4, -0.2) is 43.6 Å². The lowest BCUT2D eigenvalue weighted by Crippen LogP contribution is -3.15. The van der Waals surface area contributed by atoms with Crippen molar-refractivity contribution in [2.75, 3.05) is 42.9 Å². The van der Waals surface area contributed by atoms with Crippen molar-refractivity contribution in [2.24, 2.45) is 0 Å². The highest BCUT2D eigenvalue weighted by atomic mass is 35.5. The number of amides is 1. The van der Waals surface area contributed by atoms with Gasteiger partial charge in [-0.05, 0) is 30.3 Å². The minimum absolute atomic E-state index is 0.0307. The number of piperazine rings is 1. The van der Waals surface area contributed by atoms with Crippen molar-refractivity contribution in [1.82, 2.24) is 0 Å². The minimum atomic E-state index is -0.525. The topological polar surface area (TPSA) is 79.9 Å². The lowest BCUT2D eigenvalue weighted by molar-refractivity contribution is -0.892. The maximum atomic E-state index is 13.2. The smallest absolute Gasteiger partial charge is 0.279 e. The second-order valence-corrected chi connectivity index (χ2v) is 6.77. The molecule has 3 rings (SSSR count). The number of rotatable bonds is 5. The Morgan fingerprint density at radius 2 is 1.89 bits per heavy atom. The number of carbonyl (C=O) groups is 1. The lowest BCUT2D eigenvalue weighted by atomic mass is 10.2. The summed E-state index contributed by atoms with van der Waals surface area (Å²) in [5, 5.41) is 13.4. The molecule has 9 heteroatoms. The molecule has 0 unspecified atom stereocenters. The van der Waals surface area contributed by atoms with Gasteiger partial charge in [0.15, 0.2) is 6.54 Å². The molecular formula is C18H19ClFN4O3+. The number of non-ortho nitro benzene ring substituents is 1. The van der Waals surface area contributed by atoms with Gasteiger partial charge in [-0.25, -0.2) is 4.39 Å². The van der Waals surface area contributed by atoms with Crippen molar-refractivity contribution in [3.63, 3.8) is 0 Å². The number of halogens is 2. The SMILES string of the molecule is O=C(C[NH+]1CCN(c2ccc([N+](=O)[O-])cc2)CC1)Nc1ccc(F)c(Cl)c1. The Hall–Kier alpha value is -2.71. The number of nitro benzene ring substituents is 1. The summed E-state index contributed by atoms with van der Waals surface area (Å²) in [5.41, 5.74) is 1.47. The van der Waals surface area contributed by atoms with Crippen molar-refractivity contribution >= 4 is 34.6 Å². The van der Waals surface area contributed by atoms with Gasteiger partial charge < -0.3 is 15.1 Å². The summed E-state index contributed by atoms with van der Waals surface area (Å²) in [6.45, 7) is 3.36. The summed E-state index contributed by atoms with van der Waals surface area (Å²) in [6, 6.07) is 10.6. The predicted octanol–water partition coefficient (Wildman–Crippen LogP) is 1.73. The van der Waals surface area contributed by atoms with Crippen LogP contribution in [0.3, 0.4) is 0 Å². The summed E-state index contributed by atoms with van der Waals surface area (Å²) >= 11 is 5.72. The Bertz CT molecular complexity index is 839. The fourth-order valence-corrected chi connectivity index (χ4v) is 3.23. The zero-order valence-corrected chi connectivity index (χ0v) is 15.2. The number of nitrogens with zero attached hydrogens (tertiary/aromatic N) is 2. The van der Waals surface area contributed by atoms with Gasteiger partial charge in [-0.3, -0.25) is 14.9 Å². The number of benzene rings is 2. The van der Waals surface area contributed by atoms with Crippen LogP contribution in [0.5, 0.6) is 0 Å². The van der Waals surface area contributed by atoms with Crippen LogP contribution >= 0.6 is 11.6 Å². The first-order chi connectivity index (χ1) is 12.9. The van der Waals surface area contributed by atoms with E-state index in [1.165, 1.54) is 30.3 Å². The van der Waals surface area contributed by atoms with E-state index in [2.05, 4.69) is 10.2 Å². The molecular weight excluding hydrogens is 375 g/mol. The van der Waals surface area contributed by atoms with Crippen molar-refractivity contribution in [1.29, 1.82) is 0 Å². The van der Waals surface area contributed by atoms with E-state index in [4.69, 9.17) is 11.6 Å². The molecule has 0 saturated carbocycles. The number of nitrogens with one attached hydrogen (secondary N) is 2. The second kappa shape index (κ2) is 8.32. The van der Waals surface area contributed by atoms with Crippen molar-refractivity contribution in [3.05, 3.63) is 63.4 Å². The summed E-state index contributed by atoms with van der Waals surface area (Å²) in [5.74, 6) is -0.681. The number of anilines is 2. The third-order valence-corrected chi connectivity index (χ3v) is 4.80. The monoisotopic (exact) mass is 393 g/mol. The average Bonchev–Trinajstić information content (AvgIpc) is 2.65. The number of nitro groups is 1. The number of quaternary nitrogens is 1. The number of hydrogen-bond donors (Lipinski definition) is 2. The van der Waals surface area contributed by atoms with Crippen LogP contribution in [0.2, 0.25) is 5.02 Å². The lowest BCUT2D eigenvalue weighted by Gasteiger charge is -2.33. The van der Waals surface area contributed by atoms with E-state index in [9.17, 15) is 19.3 Å². The van der Waals surface area contributed by atoms with Crippen LogP contribution in [0, 0.1) is 15.9 Å². The summed E-state index contributed by atoms with van der Waals surface area (Å²) in [6.07, 6.45) is 0. The molecule has 27 heavy (non-hydrogen) atoms. The Morgan fingerprint density at radius 3 is 2.48 bits per heavy atom. The van der Waals surface area contributed by atoms with Crippen LogP contribution in [0.25, 0.3) is 0 Å². The molecule has 0 radical (unpaired) electrons. The quantitative estimate of drug-likeness (QED) is 0.599. The minimum Gasteiger partial charge on any atom is -0.360 e. The molecule has 1 heterocycles. The largest absolute Gasteiger partial charge is 0.360 e. The fraction of sp³-hybridized carbons (Fsp3) is 0.278. The van der Waals surface area contributed by atoms with Gasteiger partial charge in [0.2, 0.25) is 0 Å². The van der Waals surface area contributed by atoms with Gasteiger partial charge in [0.1, 0.15) is 5.82 Å². The standard InChI is InChI=1S/C18H18ClFN4O3/c19-16-11-13(1-6-17(16)20)21-18(25)12-22-7-9-23(10-8-22)14-2-4-15(5-3-14)24(26)27/h1-6,11H,7-10,12H2,(H,21,25)/p+1. The molecule has 0 atom stereocenters. The Labute approximate surface area is 160 Å². The highest BCUT2D eigenvalue weighted by molar-refractivity contribution is 6.31. The molecule has 142 valence electrons. The predicted molar refractivity (Wildman–Crippen MR) is 101 cm³/mol. The van der Waals surface area contributed by atoms with Crippen molar-refractivity contribution in [3.8, 4) is 0 Å². The van der Waals surface area contributed by atoms with E-state index < -0.39 is 10.7 Å². The first-order valence-electron chi connectivity index (χ1n) is 8.50. The van der Waals surface area contributed by atoms with Crippen LogP contribution in [0.15, 0.2) is 42.5 Å².